The van der Waals surface area contributed by atoms with Gasteiger partial charge < -0.3 is 9.72 Å². The van der Waals surface area contributed by atoms with E-state index >= 15 is 0 Å². The average Bonchev–Trinajstić information content (AvgIpc) is 2.95. The first kappa shape index (κ1) is 7.79. The van der Waals surface area contributed by atoms with Gasteiger partial charge in [-0.2, -0.15) is 4.98 Å². The van der Waals surface area contributed by atoms with Crippen molar-refractivity contribution in [3.63, 3.8) is 0 Å². The summed E-state index contributed by atoms with van der Waals surface area (Å²) in [5.74, 6) is 2.14. The summed E-state index contributed by atoms with van der Waals surface area (Å²) in [5, 5.41) is 0.955. The van der Waals surface area contributed by atoms with Crippen molar-refractivity contribution in [2.45, 2.75) is 18.8 Å². The first-order chi connectivity index (χ1) is 6.88. The Morgan fingerprint density at radius 3 is 3.00 bits per heavy atom. The van der Waals surface area contributed by atoms with Gasteiger partial charge in [0, 0.05) is 12.1 Å². The number of H-pyrrole nitrogens is 1. The zero-order valence-electron chi connectivity index (χ0n) is 7.95. The molecule has 1 saturated carbocycles. The molecule has 14 heavy (non-hydrogen) atoms. The highest BCUT2D eigenvalue weighted by Gasteiger charge is 2.27. The summed E-state index contributed by atoms with van der Waals surface area (Å²) in [5.41, 5.74) is 0.874. The third-order valence-corrected chi connectivity index (χ3v) is 2.53. The topological polar surface area (TPSA) is 50.8 Å². The predicted octanol–water partition coefficient (Wildman–Crippen LogP) is 1.84. The Hall–Kier alpha value is -1.58. The summed E-state index contributed by atoms with van der Waals surface area (Å²) in [6.45, 7) is 0. The molecule has 0 radical (unpaired) electrons. The van der Waals surface area contributed by atoms with Crippen LogP contribution in [0.25, 0.3) is 11.0 Å². The van der Waals surface area contributed by atoms with Gasteiger partial charge in [-0.15, -0.1) is 0 Å². The fraction of sp³-hybridized carbons (Fsp3) is 0.400. The summed E-state index contributed by atoms with van der Waals surface area (Å²) in [7, 11) is 1.64. The molecule has 0 unspecified atom stereocenters. The number of ether oxygens (including phenoxy) is 1. The predicted molar refractivity (Wildman–Crippen MR) is 52.4 cm³/mol. The zero-order chi connectivity index (χ0) is 9.54. The van der Waals surface area contributed by atoms with E-state index in [2.05, 4.69) is 15.0 Å². The highest BCUT2D eigenvalue weighted by molar-refractivity contribution is 5.80. The standard InChI is InChI=1S/C10H11N3O/c1-14-10-7-4-5-11-9(7)12-8(13-10)6-2-3-6/h4-6H,2-3H2,1H3,(H,11,12,13). The van der Waals surface area contributed by atoms with Crippen molar-refractivity contribution in [2.75, 3.05) is 7.11 Å². The molecule has 0 aliphatic heterocycles. The molecule has 0 spiro atoms. The van der Waals surface area contributed by atoms with E-state index in [1.54, 1.807) is 7.11 Å². The van der Waals surface area contributed by atoms with E-state index in [1.165, 1.54) is 12.8 Å². The van der Waals surface area contributed by atoms with E-state index in [-0.39, 0.29) is 0 Å². The van der Waals surface area contributed by atoms with Crippen LogP contribution in [0.1, 0.15) is 24.6 Å². The average molecular weight is 189 g/mol. The van der Waals surface area contributed by atoms with Crippen LogP contribution in [0.15, 0.2) is 12.3 Å². The van der Waals surface area contributed by atoms with Gasteiger partial charge in [0.1, 0.15) is 11.5 Å². The van der Waals surface area contributed by atoms with Crippen LogP contribution in [0.4, 0.5) is 0 Å². The van der Waals surface area contributed by atoms with Gasteiger partial charge in [0.25, 0.3) is 0 Å². The first-order valence-electron chi connectivity index (χ1n) is 4.77. The molecule has 0 amide bonds. The number of hydrogen-bond acceptors (Lipinski definition) is 3. The van der Waals surface area contributed by atoms with Crippen molar-refractivity contribution >= 4 is 11.0 Å². The molecule has 0 bridgehead atoms. The zero-order valence-corrected chi connectivity index (χ0v) is 7.95. The summed E-state index contributed by atoms with van der Waals surface area (Å²) < 4.78 is 5.23. The number of methoxy groups -OCH3 is 1. The number of rotatable bonds is 2. The highest BCUT2D eigenvalue weighted by Crippen LogP contribution is 2.39. The Morgan fingerprint density at radius 1 is 1.43 bits per heavy atom. The van der Waals surface area contributed by atoms with Crippen molar-refractivity contribution in [1.29, 1.82) is 0 Å². The fourth-order valence-electron chi connectivity index (χ4n) is 1.61. The van der Waals surface area contributed by atoms with E-state index in [4.69, 9.17) is 4.74 Å². The molecule has 0 aromatic carbocycles. The third kappa shape index (κ3) is 1.07. The maximum Gasteiger partial charge on any atom is 0.226 e. The lowest BCUT2D eigenvalue weighted by atomic mass is 10.3. The van der Waals surface area contributed by atoms with Gasteiger partial charge in [-0.05, 0) is 18.9 Å². The Morgan fingerprint density at radius 2 is 2.29 bits per heavy atom. The number of nitrogens with zero attached hydrogens (tertiary/aromatic N) is 2. The Bertz CT molecular complexity index is 473. The second-order valence-electron chi connectivity index (χ2n) is 3.61. The van der Waals surface area contributed by atoms with Crippen molar-refractivity contribution in [1.82, 2.24) is 15.0 Å². The van der Waals surface area contributed by atoms with Crippen LogP contribution >= 0.6 is 0 Å². The molecule has 2 aromatic heterocycles. The highest BCUT2D eigenvalue weighted by atomic mass is 16.5. The van der Waals surface area contributed by atoms with Crippen LogP contribution in [0, 0.1) is 0 Å². The molecule has 4 heteroatoms. The van der Waals surface area contributed by atoms with Crippen LogP contribution in [-0.2, 0) is 0 Å². The maximum atomic E-state index is 5.23. The SMILES string of the molecule is COc1nc(C2CC2)nc2[nH]ccc12. The number of nitrogens with one attached hydrogen (secondary N) is 1. The van der Waals surface area contributed by atoms with Gasteiger partial charge in [-0.3, -0.25) is 0 Å². The quantitative estimate of drug-likeness (QED) is 0.784. The number of hydrogen-bond donors (Lipinski definition) is 1. The molecule has 1 N–H and O–H groups in total. The lowest BCUT2D eigenvalue weighted by molar-refractivity contribution is 0.401. The van der Waals surface area contributed by atoms with Crippen LogP contribution in [-0.4, -0.2) is 22.1 Å². The maximum absolute atomic E-state index is 5.23. The molecule has 72 valence electrons. The van der Waals surface area contributed by atoms with Crippen molar-refractivity contribution in [2.24, 2.45) is 0 Å². The van der Waals surface area contributed by atoms with Gasteiger partial charge in [-0.25, -0.2) is 4.98 Å². The van der Waals surface area contributed by atoms with Gasteiger partial charge in [0.15, 0.2) is 0 Å². The van der Waals surface area contributed by atoms with E-state index in [9.17, 15) is 0 Å². The van der Waals surface area contributed by atoms with Crippen LogP contribution in [0.3, 0.4) is 0 Å². The number of aromatic nitrogens is 3. The molecule has 1 aliphatic carbocycles. The van der Waals surface area contributed by atoms with Gasteiger partial charge >= 0.3 is 0 Å². The monoisotopic (exact) mass is 189 g/mol. The molecule has 1 fully saturated rings. The van der Waals surface area contributed by atoms with Gasteiger partial charge in [0.05, 0.1) is 12.5 Å². The molecule has 4 nitrogen and oxygen atoms in total. The lowest BCUT2D eigenvalue weighted by Gasteiger charge is -2.02. The van der Waals surface area contributed by atoms with Crippen LogP contribution in [0.5, 0.6) is 5.88 Å². The Balaban J connectivity index is 2.23. The molecule has 0 saturated heterocycles. The minimum Gasteiger partial charge on any atom is -0.480 e. The Labute approximate surface area is 81.3 Å². The molecule has 2 aromatic rings. The smallest absolute Gasteiger partial charge is 0.226 e. The minimum absolute atomic E-state index is 0.552. The Kier molecular flexibility index (Phi) is 1.50. The van der Waals surface area contributed by atoms with Crippen LogP contribution in [0.2, 0.25) is 0 Å². The fourth-order valence-corrected chi connectivity index (χ4v) is 1.61. The summed E-state index contributed by atoms with van der Waals surface area (Å²) in [6.07, 6.45) is 4.27. The van der Waals surface area contributed by atoms with E-state index in [1.807, 2.05) is 12.3 Å². The van der Waals surface area contributed by atoms with Crippen molar-refractivity contribution in [3.8, 4) is 5.88 Å². The lowest BCUT2D eigenvalue weighted by Crippen LogP contribution is -1.96. The van der Waals surface area contributed by atoms with E-state index in [0.29, 0.717) is 11.8 Å². The summed E-state index contributed by atoms with van der Waals surface area (Å²) in [6, 6.07) is 1.94. The summed E-state index contributed by atoms with van der Waals surface area (Å²) >= 11 is 0. The van der Waals surface area contributed by atoms with Crippen LogP contribution < -0.4 is 4.74 Å². The second-order valence-corrected chi connectivity index (χ2v) is 3.61. The molecule has 3 rings (SSSR count). The molecular formula is C10H11N3O. The van der Waals surface area contributed by atoms with Gasteiger partial charge in [-0.1, -0.05) is 0 Å². The van der Waals surface area contributed by atoms with Crippen molar-refractivity contribution in [3.05, 3.63) is 18.1 Å². The van der Waals surface area contributed by atoms with E-state index in [0.717, 1.165) is 16.9 Å². The molecule has 1 aliphatic rings. The second kappa shape index (κ2) is 2.70. The third-order valence-electron chi connectivity index (χ3n) is 2.53. The first-order valence-corrected chi connectivity index (χ1v) is 4.77. The van der Waals surface area contributed by atoms with Gasteiger partial charge in [0.2, 0.25) is 5.88 Å². The van der Waals surface area contributed by atoms with E-state index < -0.39 is 0 Å². The normalized spacial score (nSPS) is 16.1. The number of aromatic amines is 1. The summed E-state index contributed by atoms with van der Waals surface area (Å²) in [4.78, 5) is 11.9. The van der Waals surface area contributed by atoms with Crippen molar-refractivity contribution < 1.29 is 4.74 Å². The largest absolute Gasteiger partial charge is 0.480 e. The minimum atomic E-state index is 0.552. The molecule has 0 atom stereocenters. The number of fused-ring (bicyclic) bond motifs is 1. The molecule has 2 heterocycles. The molecular weight excluding hydrogens is 178 g/mol.